The van der Waals surface area contributed by atoms with Gasteiger partial charge in [0, 0.05) is 7.11 Å². The highest BCUT2D eigenvalue weighted by Gasteiger charge is 2.55. The van der Waals surface area contributed by atoms with E-state index >= 15 is 0 Å². The highest BCUT2D eigenvalue weighted by atomic mass is 19.4. The first-order chi connectivity index (χ1) is 7.98. The molecule has 0 heterocycles. The molecule has 0 radical (unpaired) electrons. The maximum absolute atomic E-state index is 13.3. The van der Waals surface area contributed by atoms with Gasteiger partial charge in [0.25, 0.3) is 0 Å². The largest absolute Gasteiger partial charge is 0.413 e. The third-order valence-corrected chi connectivity index (χ3v) is 2.59. The van der Waals surface area contributed by atoms with Crippen molar-refractivity contribution in [3.8, 4) is 0 Å². The van der Waals surface area contributed by atoms with E-state index < -0.39 is 18.3 Å². The van der Waals surface area contributed by atoms with E-state index in [1.807, 2.05) is 0 Å². The molecule has 0 saturated heterocycles. The van der Waals surface area contributed by atoms with Crippen molar-refractivity contribution in [2.75, 3.05) is 20.3 Å². The van der Waals surface area contributed by atoms with Crippen LogP contribution in [0.3, 0.4) is 0 Å². The van der Waals surface area contributed by atoms with E-state index in [4.69, 9.17) is 4.74 Å². The van der Waals surface area contributed by atoms with E-state index in [2.05, 4.69) is 5.32 Å². The standard InChI is InChI=1S/C12H16F3NO/c1-3-16-11(9-17-2,12(13,14)15)10-7-5-4-6-8-10/h4-8,16H,3,9H2,1-2H3. The Balaban J connectivity index is 3.25. The van der Waals surface area contributed by atoms with Crippen LogP contribution in [0.25, 0.3) is 0 Å². The number of ether oxygens (including phenoxy) is 1. The van der Waals surface area contributed by atoms with E-state index in [9.17, 15) is 13.2 Å². The molecular weight excluding hydrogens is 231 g/mol. The van der Waals surface area contributed by atoms with Gasteiger partial charge in [-0.3, -0.25) is 5.32 Å². The summed E-state index contributed by atoms with van der Waals surface area (Å²) in [5, 5.41) is 2.50. The second-order valence-corrected chi connectivity index (χ2v) is 3.73. The van der Waals surface area contributed by atoms with Crippen molar-refractivity contribution in [3.05, 3.63) is 35.9 Å². The van der Waals surface area contributed by atoms with Gasteiger partial charge in [-0.15, -0.1) is 0 Å². The predicted molar refractivity (Wildman–Crippen MR) is 59.7 cm³/mol. The first kappa shape index (κ1) is 14.0. The van der Waals surface area contributed by atoms with Gasteiger partial charge in [0.05, 0.1) is 6.61 Å². The van der Waals surface area contributed by atoms with E-state index in [1.54, 1.807) is 25.1 Å². The lowest BCUT2D eigenvalue weighted by Gasteiger charge is -2.36. The van der Waals surface area contributed by atoms with Gasteiger partial charge in [-0.05, 0) is 12.1 Å². The average Bonchev–Trinajstić information content (AvgIpc) is 2.28. The third kappa shape index (κ3) is 2.79. The topological polar surface area (TPSA) is 21.3 Å². The van der Waals surface area contributed by atoms with Crippen LogP contribution in [0.15, 0.2) is 30.3 Å². The molecule has 1 atom stereocenters. The number of rotatable bonds is 5. The number of benzene rings is 1. The van der Waals surface area contributed by atoms with Crippen LogP contribution in [0.1, 0.15) is 12.5 Å². The summed E-state index contributed by atoms with van der Waals surface area (Å²) in [6.07, 6.45) is -4.42. The summed E-state index contributed by atoms with van der Waals surface area (Å²) in [6, 6.07) is 7.76. The number of hydrogen-bond donors (Lipinski definition) is 1. The van der Waals surface area contributed by atoms with Crippen LogP contribution in [0, 0.1) is 0 Å². The Morgan fingerprint density at radius 2 is 1.76 bits per heavy atom. The molecule has 0 aliphatic carbocycles. The lowest BCUT2D eigenvalue weighted by Crippen LogP contribution is -2.57. The van der Waals surface area contributed by atoms with Gasteiger partial charge in [-0.2, -0.15) is 13.2 Å². The van der Waals surface area contributed by atoms with Gasteiger partial charge in [0.1, 0.15) is 0 Å². The number of likely N-dealkylation sites (N-methyl/N-ethyl adjacent to an activating group) is 1. The van der Waals surface area contributed by atoms with E-state index in [1.165, 1.54) is 19.2 Å². The van der Waals surface area contributed by atoms with Crippen molar-refractivity contribution in [2.45, 2.75) is 18.6 Å². The highest BCUT2D eigenvalue weighted by molar-refractivity contribution is 5.27. The van der Waals surface area contributed by atoms with Crippen molar-refractivity contribution in [3.63, 3.8) is 0 Å². The zero-order valence-corrected chi connectivity index (χ0v) is 9.84. The Labute approximate surface area is 98.8 Å². The van der Waals surface area contributed by atoms with Gasteiger partial charge in [-0.1, -0.05) is 37.3 Å². The molecule has 2 nitrogen and oxygen atoms in total. The fourth-order valence-electron chi connectivity index (χ4n) is 1.82. The van der Waals surface area contributed by atoms with Gasteiger partial charge in [-0.25, -0.2) is 0 Å². The molecule has 0 amide bonds. The number of hydrogen-bond acceptors (Lipinski definition) is 2. The highest BCUT2D eigenvalue weighted by Crippen LogP contribution is 2.39. The van der Waals surface area contributed by atoms with Gasteiger partial charge in [0.15, 0.2) is 5.54 Å². The van der Waals surface area contributed by atoms with Crippen molar-refractivity contribution in [1.82, 2.24) is 5.32 Å². The van der Waals surface area contributed by atoms with Crippen LogP contribution in [0.4, 0.5) is 13.2 Å². The summed E-state index contributed by atoms with van der Waals surface area (Å²) >= 11 is 0. The van der Waals surface area contributed by atoms with E-state index in [-0.39, 0.29) is 12.1 Å². The molecular formula is C12H16F3NO. The molecule has 0 spiro atoms. The predicted octanol–water partition coefficient (Wildman–Crippen LogP) is 2.70. The summed E-state index contributed by atoms with van der Waals surface area (Å²) in [5.74, 6) is 0. The molecule has 1 aromatic rings. The molecule has 0 aromatic heterocycles. The van der Waals surface area contributed by atoms with Crippen molar-refractivity contribution in [2.24, 2.45) is 0 Å². The molecule has 0 saturated carbocycles. The first-order valence-corrected chi connectivity index (χ1v) is 5.34. The Hall–Kier alpha value is -1.07. The van der Waals surface area contributed by atoms with Crippen LogP contribution in [0.2, 0.25) is 0 Å². The van der Waals surface area contributed by atoms with E-state index in [0.717, 1.165) is 0 Å². The lowest BCUT2D eigenvalue weighted by atomic mass is 9.89. The molecule has 1 unspecified atom stereocenters. The number of alkyl halides is 3. The minimum Gasteiger partial charge on any atom is -0.382 e. The van der Waals surface area contributed by atoms with Crippen molar-refractivity contribution >= 4 is 0 Å². The molecule has 1 rings (SSSR count). The van der Waals surface area contributed by atoms with E-state index in [0.29, 0.717) is 0 Å². The summed E-state index contributed by atoms with van der Waals surface area (Å²) in [4.78, 5) is 0. The SMILES string of the molecule is CCNC(COC)(c1ccccc1)C(F)(F)F. The quantitative estimate of drug-likeness (QED) is 0.863. The maximum atomic E-state index is 13.3. The molecule has 96 valence electrons. The van der Waals surface area contributed by atoms with Gasteiger partial charge < -0.3 is 4.74 Å². The molecule has 0 fully saturated rings. The smallest absolute Gasteiger partial charge is 0.382 e. The minimum absolute atomic E-state index is 0.163. The molecule has 0 aliphatic heterocycles. The molecule has 0 bridgehead atoms. The fraction of sp³-hybridized carbons (Fsp3) is 0.500. The summed E-state index contributed by atoms with van der Waals surface area (Å²) in [6.45, 7) is 1.39. The van der Waals surface area contributed by atoms with Gasteiger partial charge >= 0.3 is 6.18 Å². The Morgan fingerprint density at radius 3 is 2.18 bits per heavy atom. The second-order valence-electron chi connectivity index (χ2n) is 3.73. The zero-order chi connectivity index (χ0) is 12.9. The molecule has 5 heteroatoms. The zero-order valence-electron chi connectivity index (χ0n) is 9.84. The Bertz CT molecular complexity index is 331. The second kappa shape index (κ2) is 5.51. The molecule has 17 heavy (non-hydrogen) atoms. The summed E-state index contributed by atoms with van der Waals surface area (Å²) < 4.78 is 44.6. The van der Waals surface area contributed by atoms with Crippen LogP contribution in [0.5, 0.6) is 0 Å². The first-order valence-electron chi connectivity index (χ1n) is 5.34. The minimum atomic E-state index is -4.42. The van der Waals surface area contributed by atoms with Crippen LogP contribution >= 0.6 is 0 Å². The van der Waals surface area contributed by atoms with Crippen LogP contribution < -0.4 is 5.32 Å². The summed E-state index contributed by atoms with van der Waals surface area (Å²) in [5.41, 5.74) is -1.98. The summed E-state index contributed by atoms with van der Waals surface area (Å²) in [7, 11) is 1.26. The van der Waals surface area contributed by atoms with Crippen molar-refractivity contribution in [1.29, 1.82) is 0 Å². The number of nitrogens with one attached hydrogen (secondary N) is 1. The number of halogens is 3. The average molecular weight is 247 g/mol. The lowest BCUT2D eigenvalue weighted by molar-refractivity contribution is -0.213. The molecule has 0 aliphatic rings. The van der Waals surface area contributed by atoms with Crippen molar-refractivity contribution < 1.29 is 17.9 Å². The Kier molecular flexibility index (Phi) is 4.54. The molecule has 1 N–H and O–H groups in total. The van der Waals surface area contributed by atoms with Gasteiger partial charge in [0.2, 0.25) is 0 Å². The monoisotopic (exact) mass is 247 g/mol. The fourth-order valence-corrected chi connectivity index (χ4v) is 1.82. The third-order valence-electron chi connectivity index (χ3n) is 2.59. The van der Waals surface area contributed by atoms with Crippen LogP contribution in [-0.4, -0.2) is 26.4 Å². The normalized spacial score (nSPS) is 15.6. The number of methoxy groups -OCH3 is 1. The van der Waals surface area contributed by atoms with Crippen LogP contribution in [-0.2, 0) is 10.3 Å². The molecule has 1 aromatic carbocycles. The Morgan fingerprint density at radius 1 is 1.18 bits per heavy atom. The maximum Gasteiger partial charge on any atom is 0.413 e.